The summed E-state index contributed by atoms with van der Waals surface area (Å²) >= 11 is 0. The van der Waals surface area contributed by atoms with Crippen LogP contribution in [0.25, 0.3) is 0 Å². The molecular weight excluding hydrogens is 460 g/mol. The molecule has 3 atom stereocenters. The first-order chi connectivity index (χ1) is 17.2. The highest BCUT2D eigenvalue weighted by Crippen LogP contribution is 2.38. The molecule has 2 aliphatic rings. The summed E-state index contributed by atoms with van der Waals surface area (Å²) in [6.45, 7) is 11.0. The first-order valence-corrected chi connectivity index (χ1v) is 13.4. The first-order valence-electron chi connectivity index (χ1n) is 13.4. The SMILES string of the molecule is CCOC(=O)[C@@H](C)Oc1ccccc1[C@H]1CC[C@@H](OC[C@@H]2NCCC[C@@H]2NC(=O)OC(C)(C)C)CC1. The minimum absolute atomic E-state index is 0.00430. The van der Waals surface area contributed by atoms with Crippen LogP contribution >= 0.6 is 0 Å². The van der Waals surface area contributed by atoms with Crippen molar-refractivity contribution in [3.63, 3.8) is 0 Å². The van der Waals surface area contributed by atoms with Gasteiger partial charge in [-0.25, -0.2) is 9.59 Å². The second kappa shape index (κ2) is 13.3. The number of alkyl carbamates (subject to hydrolysis) is 1. The minimum Gasteiger partial charge on any atom is -0.479 e. The predicted octanol–water partition coefficient (Wildman–Crippen LogP) is 4.71. The summed E-state index contributed by atoms with van der Waals surface area (Å²) in [6.07, 6.45) is 5.01. The maximum atomic E-state index is 12.3. The van der Waals surface area contributed by atoms with E-state index >= 15 is 0 Å². The van der Waals surface area contributed by atoms with Gasteiger partial charge in [-0.15, -0.1) is 0 Å². The van der Waals surface area contributed by atoms with Crippen molar-refractivity contribution in [3.8, 4) is 5.75 Å². The van der Waals surface area contributed by atoms with Crippen molar-refractivity contribution in [2.75, 3.05) is 19.8 Å². The fraction of sp³-hybridized carbons (Fsp3) is 0.714. The summed E-state index contributed by atoms with van der Waals surface area (Å²) in [5, 5.41) is 6.53. The molecule has 1 saturated carbocycles. The van der Waals surface area contributed by atoms with Crippen LogP contribution in [0.5, 0.6) is 5.75 Å². The summed E-state index contributed by atoms with van der Waals surface area (Å²) < 4.78 is 22.8. The zero-order chi connectivity index (χ0) is 26.1. The zero-order valence-corrected chi connectivity index (χ0v) is 22.5. The highest BCUT2D eigenvalue weighted by Gasteiger charge is 2.31. The van der Waals surface area contributed by atoms with Gasteiger partial charge < -0.3 is 29.6 Å². The van der Waals surface area contributed by atoms with Crippen LogP contribution in [-0.4, -0.2) is 61.7 Å². The Bertz CT molecular complexity index is 847. The third-order valence-electron chi connectivity index (χ3n) is 6.75. The number of nitrogens with one attached hydrogen (secondary N) is 2. The van der Waals surface area contributed by atoms with Gasteiger partial charge in [0.1, 0.15) is 11.4 Å². The van der Waals surface area contributed by atoms with Crippen LogP contribution in [-0.2, 0) is 19.0 Å². The van der Waals surface area contributed by atoms with E-state index in [0.717, 1.165) is 56.4 Å². The van der Waals surface area contributed by atoms with E-state index in [0.29, 0.717) is 19.1 Å². The Morgan fingerprint density at radius 3 is 2.53 bits per heavy atom. The highest BCUT2D eigenvalue weighted by molar-refractivity contribution is 5.74. The van der Waals surface area contributed by atoms with Crippen LogP contribution in [0.4, 0.5) is 4.79 Å². The number of rotatable bonds is 9. The molecule has 3 rings (SSSR count). The molecule has 1 aromatic rings. The first kappa shape index (κ1) is 28.3. The molecule has 8 heteroatoms. The lowest BCUT2D eigenvalue weighted by Gasteiger charge is -2.36. The molecule has 36 heavy (non-hydrogen) atoms. The largest absolute Gasteiger partial charge is 0.479 e. The Labute approximate surface area is 215 Å². The smallest absolute Gasteiger partial charge is 0.407 e. The number of carbonyl (C=O) groups excluding carboxylic acids is 2. The Kier molecular flexibility index (Phi) is 10.4. The molecule has 1 aromatic carbocycles. The molecular formula is C28H44N2O6. The summed E-state index contributed by atoms with van der Waals surface area (Å²) in [5.74, 6) is 0.773. The van der Waals surface area contributed by atoms with Crippen molar-refractivity contribution in [1.29, 1.82) is 0 Å². The molecule has 202 valence electrons. The number of piperidine rings is 1. The van der Waals surface area contributed by atoms with E-state index < -0.39 is 11.7 Å². The molecule has 2 N–H and O–H groups in total. The average molecular weight is 505 g/mol. The van der Waals surface area contributed by atoms with Gasteiger partial charge in [0.15, 0.2) is 6.10 Å². The van der Waals surface area contributed by atoms with Crippen LogP contribution < -0.4 is 15.4 Å². The second-order valence-electron chi connectivity index (χ2n) is 10.8. The maximum Gasteiger partial charge on any atom is 0.407 e. The highest BCUT2D eigenvalue weighted by atomic mass is 16.6. The number of esters is 1. The molecule has 0 aromatic heterocycles. The van der Waals surface area contributed by atoms with Gasteiger partial charge in [-0.3, -0.25) is 0 Å². The molecule has 0 unspecified atom stereocenters. The van der Waals surface area contributed by atoms with Crippen LogP contribution in [0.3, 0.4) is 0 Å². The van der Waals surface area contributed by atoms with E-state index in [-0.39, 0.29) is 30.3 Å². The van der Waals surface area contributed by atoms with Crippen LogP contribution in [0.2, 0.25) is 0 Å². The average Bonchev–Trinajstić information content (AvgIpc) is 2.83. The Morgan fingerprint density at radius 2 is 1.83 bits per heavy atom. The van der Waals surface area contributed by atoms with Gasteiger partial charge in [0.2, 0.25) is 0 Å². The lowest BCUT2D eigenvalue weighted by molar-refractivity contribution is -0.150. The topological polar surface area (TPSA) is 95.1 Å². The molecule has 1 amide bonds. The van der Waals surface area contributed by atoms with Crippen molar-refractivity contribution >= 4 is 12.1 Å². The quantitative estimate of drug-likeness (QED) is 0.471. The number of benzene rings is 1. The zero-order valence-electron chi connectivity index (χ0n) is 22.5. The number of para-hydroxylation sites is 1. The lowest BCUT2D eigenvalue weighted by atomic mass is 9.82. The Balaban J connectivity index is 1.49. The van der Waals surface area contributed by atoms with E-state index in [9.17, 15) is 9.59 Å². The fourth-order valence-corrected chi connectivity index (χ4v) is 4.96. The standard InChI is InChI=1S/C28H44N2O6/c1-6-33-26(31)19(2)35-25-12-8-7-10-22(25)20-13-15-21(16-14-20)34-18-24-23(11-9-17-29-24)30-27(32)36-28(3,4)5/h7-8,10,12,19-21,23-24,29H,6,9,11,13-18H2,1-5H3,(H,30,32)/t19-,20-,21+,23+,24+/m1/s1. The van der Waals surface area contributed by atoms with Gasteiger partial charge >= 0.3 is 12.1 Å². The van der Waals surface area contributed by atoms with E-state index in [1.807, 2.05) is 39.0 Å². The van der Waals surface area contributed by atoms with Gasteiger partial charge in [0, 0.05) is 6.04 Å². The minimum atomic E-state index is -0.643. The second-order valence-corrected chi connectivity index (χ2v) is 10.8. The van der Waals surface area contributed by atoms with Crippen LogP contribution in [0.15, 0.2) is 24.3 Å². The molecule has 8 nitrogen and oxygen atoms in total. The molecule has 1 saturated heterocycles. The third kappa shape index (κ3) is 8.66. The van der Waals surface area contributed by atoms with Crippen LogP contribution in [0, 0.1) is 0 Å². The third-order valence-corrected chi connectivity index (χ3v) is 6.75. The van der Waals surface area contributed by atoms with Gasteiger partial charge in [0.25, 0.3) is 0 Å². The van der Waals surface area contributed by atoms with Crippen molar-refractivity contribution in [2.45, 2.75) is 109 Å². The van der Waals surface area contributed by atoms with Crippen molar-refractivity contribution in [2.24, 2.45) is 0 Å². The van der Waals surface area contributed by atoms with E-state index in [2.05, 4.69) is 16.7 Å². The number of ether oxygens (including phenoxy) is 4. The number of hydrogen-bond acceptors (Lipinski definition) is 7. The van der Waals surface area contributed by atoms with E-state index in [1.165, 1.54) is 0 Å². The van der Waals surface area contributed by atoms with E-state index in [1.54, 1.807) is 13.8 Å². The monoisotopic (exact) mass is 504 g/mol. The molecule has 2 fully saturated rings. The van der Waals surface area contributed by atoms with E-state index in [4.69, 9.17) is 18.9 Å². The molecule has 0 spiro atoms. The summed E-state index contributed by atoms with van der Waals surface area (Å²) in [4.78, 5) is 24.3. The van der Waals surface area contributed by atoms with Gasteiger partial charge in [-0.05, 0) is 97.2 Å². The normalized spacial score (nSPS) is 25.5. The summed E-state index contributed by atoms with van der Waals surface area (Å²) in [5.41, 5.74) is 0.625. The van der Waals surface area contributed by atoms with Gasteiger partial charge in [-0.1, -0.05) is 18.2 Å². The van der Waals surface area contributed by atoms with Crippen molar-refractivity contribution < 1.29 is 28.5 Å². The molecule has 1 aliphatic heterocycles. The van der Waals surface area contributed by atoms with Crippen molar-refractivity contribution in [3.05, 3.63) is 29.8 Å². The molecule has 0 bridgehead atoms. The Hall–Kier alpha value is -2.32. The Morgan fingerprint density at radius 1 is 1.11 bits per heavy atom. The number of amides is 1. The molecule has 0 radical (unpaired) electrons. The van der Waals surface area contributed by atoms with Crippen molar-refractivity contribution in [1.82, 2.24) is 10.6 Å². The van der Waals surface area contributed by atoms with Gasteiger partial charge in [-0.2, -0.15) is 0 Å². The molecule has 1 heterocycles. The summed E-state index contributed by atoms with van der Waals surface area (Å²) in [6, 6.07) is 8.05. The fourth-order valence-electron chi connectivity index (χ4n) is 4.96. The lowest BCUT2D eigenvalue weighted by Crippen LogP contribution is -2.56. The summed E-state index contributed by atoms with van der Waals surface area (Å²) in [7, 11) is 0. The maximum absolute atomic E-state index is 12.3. The predicted molar refractivity (Wildman–Crippen MR) is 138 cm³/mol. The van der Waals surface area contributed by atoms with Gasteiger partial charge in [0.05, 0.1) is 25.4 Å². The molecule has 1 aliphatic carbocycles. The number of hydrogen-bond donors (Lipinski definition) is 2. The number of carbonyl (C=O) groups is 2. The van der Waals surface area contributed by atoms with Crippen LogP contribution in [0.1, 0.15) is 84.6 Å².